The highest BCUT2D eigenvalue weighted by Gasteiger charge is 2.17. The van der Waals surface area contributed by atoms with Crippen molar-refractivity contribution in [2.45, 2.75) is 6.54 Å². The van der Waals surface area contributed by atoms with Crippen molar-refractivity contribution in [2.75, 3.05) is 0 Å². The molecule has 0 aliphatic rings. The lowest BCUT2D eigenvalue weighted by molar-refractivity contribution is 0.0889. The number of hydrogen-bond acceptors (Lipinski definition) is 5. The van der Waals surface area contributed by atoms with E-state index in [0.29, 0.717) is 15.2 Å². The first kappa shape index (κ1) is 12.1. The molecule has 0 saturated carbocycles. The molecular formula is C11H7ClN4O2S. The molecule has 8 heteroatoms. The van der Waals surface area contributed by atoms with E-state index in [0.717, 1.165) is 15.9 Å². The third-order valence-electron chi connectivity index (χ3n) is 2.57. The Morgan fingerprint density at radius 3 is 3.00 bits per heavy atom. The number of benzene rings is 1. The van der Waals surface area contributed by atoms with Gasteiger partial charge in [0.2, 0.25) is 0 Å². The number of aromatic nitrogens is 4. The van der Waals surface area contributed by atoms with Gasteiger partial charge in [-0.1, -0.05) is 29.0 Å². The van der Waals surface area contributed by atoms with Crippen molar-refractivity contribution in [3.05, 3.63) is 45.5 Å². The minimum atomic E-state index is -0.394. The summed E-state index contributed by atoms with van der Waals surface area (Å²) in [5.74, 6) is -0.394. The Balaban J connectivity index is 2.12. The van der Waals surface area contributed by atoms with Gasteiger partial charge in [-0.3, -0.25) is 9.59 Å². The summed E-state index contributed by atoms with van der Waals surface area (Å²) in [5, 5.41) is 4.22. The maximum Gasteiger partial charge on any atom is 0.315 e. The van der Waals surface area contributed by atoms with Crippen LogP contribution in [0.15, 0.2) is 35.6 Å². The Kier molecular flexibility index (Phi) is 2.92. The highest BCUT2D eigenvalue weighted by Crippen LogP contribution is 2.25. The fourth-order valence-corrected chi connectivity index (χ4v) is 3.01. The van der Waals surface area contributed by atoms with Crippen molar-refractivity contribution < 1.29 is 4.79 Å². The first-order chi connectivity index (χ1) is 9.16. The summed E-state index contributed by atoms with van der Waals surface area (Å²) >= 11 is 7.05. The first-order valence-electron chi connectivity index (χ1n) is 5.32. The molecule has 0 bridgehead atoms. The SMILES string of the molecule is O=C(Cn1cncn1)n1c(=O)sc2cccc(Cl)c21. The van der Waals surface area contributed by atoms with E-state index in [2.05, 4.69) is 10.1 Å². The summed E-state index contributed by atoms with van der Waals surface area (Å²) in [4.78, 5) is 27.5. The van der Waals surface area contributed by atoms with Crippen molar-refractivity contribution in [3.8, 4) is 0 Å². The van der Waals surface area contributed by atoms with E-state index >= 15 is 0 Å². The monoisotopic (exact) mass is 294 g/mol. The molecule has 0 saturated heterocycles. The van der Waals surface area contributed by atoms with Crippen molar-refractivity contribution in [3.63, 3.8) is 0 Å². The zero-order valence-electron chi connectivity index (χ0n) is 9.49. The average molecular weight is 295 g/mol. The van der Waals surface area contributed by atoms with Gasteiger partial charge in [0.1, 0.15) is 19.2 Å². The number of carbonyl (C=O) groups is 1. The molecule has 0 atom stereocenters. The number of nitrogens with zero attached hydrogens (tertiary/aromatic N) is 4. The number of fused-ring (bicyclic) bond motifs is 1. The standard InChI is InChI=1S/C11H7ClN4O2S/c12-7-2-1-3-8-10(7)16(11(18)19-8)9(17)4-15-6-13-5-14-15/h1-3,5-6H,4H2. The van der Waals surface area contributed by atoms with Crippen LogP contribution in [-0.2, 0) is 6.54 Å². The highest BCUT2D eigenvalue weighted by molar-refractivity contribution is 7.16. The van der Waals surface area contributed by atoms with Gasteiger partial charge in [-0.05, 0) is 12.1 Å². The molecule has 2 aromatic heterocycles. The number of hydrogen-bond donors (Lipinski definition) is 0. The van der Waals surface area contributed by atoms with Crippen LogP contribution in [0.4, 0.5) is 0 Å². The summed E-state index contributed by atoms with van der Waals surface area (Å²) in [7, 11) is 0. The summed E-state index contributed by atoms with van der Waals surface area (Å²) in [6, 6.07) is 5.15. The third-order valence-corrected chi connectivity index (χ3v) is 3.78. The molecule has 0 unspecified atom stereocenters. The predicted molar refractivity (Wildman–Crippen MR) is 71.7 cm³/mol. The molecule has 6 nitrogen and oxygen atoms in total. The van der Waals surface area contributed by atoms with Gasteiger partial charge in [0.25, 0.3) is 5.91 Å². The maximum absolute atomic E-state index is 12.2. The zero-order chi connectivity index (χ0) is 13.4. The second-order valence-corrected chi connectivity index (χ2v) is 5.18. The molecule has 0 aliphatic carbocycles. The zero-order valence-corrected chi connectivity index (χ0v) is 11.1. The van der Waals surface area contributed by atoms with Crippen LogP contribution in [0.3, 0.4) is 0 Å². The first-order valence-corrected chi connectivity index (χ1v) is 6.52. The topological polar surface area (TPSA) is 69.8 Å². The molecule has 0 amide bonds. The van der Waals surface area contributed by atoms with Crippen LogP contribution in [0.25, 0.3) is 10.2 Å². The van der Waals surface area contributed by atoms with E-state index in [4.69, 9.17) is 11.6 Å². The Morgan fingerprint density at radius 1 is 1.42 bits per heavy atom. The van der Waals surface area contributed by atoms with Gasteiger partial charge in [0, 0.05) is 0 Å². The number of halogens is 1. The van der Waals surface area contributed by atoms with Gasteiger partial charge < -0.3 is 0 Å². The van der Waals surface area contributed by atoms with E-state index in [1.165, 1.54) is 17.3 Å². The Bertz CT molecular complexity index is 806. The van der Waals surface area contributed by atoms with Crippen molar-refractivity contribution in [1.82, 2.24) is 19.3 Å². The average Bonchev–Trinajstić information content (AvgIpc) is 2.96. The van der Waals surface area contributed by atoms with E-state index in [9.17, 15) is 9.59 Å². The van der Waals surface area contributed by atoms with Gasteiger partial charge in [0.15, 0.2) is 0 Å². The second-order valence-electron chi connectivity index (χ2n) is 3.78. The lowest BCUT2D eigenvalue weighted by Crippen LogP contribution is -2.25. The number of para-hydroxylation sites is 1. The molecule has 0 spiro atoms. The molecule has 2 heterocycles. The Morgan fingerprint density at radius 2 is 2.26 bits per heavy atom. The summed E-state index contributed by atoms with van der Waals surface area (Å²) in [6.07, 6.45) is 2.74. The number of carbonyl (C=O) groups excluding carboxylic acids is 1. The fourth-order valence-electron chi connectivity index (χ4n) is 1.78. The van der Waals surface area contributed by atoms with Crippen molar-refractivity contribution in [1.29, 1.82) is 0 Å². The number of thiazole rings is 1. The molecule has 0 aliphatic heterocycles. The third kappa shape index (κ3) is 2.06. The smallest absolute Gasteiger partial charge is 0.272 e. The van der Waals surface area contributed by atoms with E-state index in [1.54, 1.807) is 18.2 Å². The summed E-state index contributed by atoms with van der Waals surface area (Å²) in [5.41, 5.74) is 0.448. The highest BCUT2D eigenvalue weighted by atomic mass is 35.5. The van der Waals surface area contributed by atoms with Crippen LogP contribution in [0, 0.1) is 0 Å². The second kappa shape index (κ2) is 4.60. The van der Waals surface area contributed by atoms with Gasteiger partial charge >= 0.3 is 4.87 Å². The van der Waals surface area contributed by atoms with E-state index < -0.39 is 5.91 Å². The van der Waals surface area contributed by atoms with Gasteiger partial charge in [-0.25, -0.2) is 14.2 Å². The summed E-state index contributed by atoms with van der Waals surface area (Å²) in [6.45, 7) is -0.0586. The Labute approximate surface area is 115 Å². The lowest BCUT2D eigenvalue weighted by Gasteiger charge is -2.03. The van der Waals surface area contributed by atoms with E-state index in [1.807, 2.05) is 0 Å². The van der Waals surface area contributed by atoms with Crippen molar-refractivity contribution >= 4 is 39.1 Å². The molecule has 0 radical (unpaired) electrons. The molecule has 3 aromatic rings. The normalized spacial score (nSPS) is 11.0. The van der Waals surface area contributed by atoms with Crippen LogP contribution < -0.4 is 4.87 Å². The maximum atomic E-state index is 12.2. The largest absolute Gasteiger partial charge is 0.315 e. The molecule has 1 aromatic carbocycles. The van der Waals surface area contributed by atoms with Gasteiger partial charge in [-0.2, -0.15) is 5.10 Å². The van der Waals surface area contributed by atoms with Crippen LogP contribution >= 0.6 is 22.9 Å². The molecule has 3 rings (SSSR count). The Hall–Kier alpha value is -1.99. The summed E-state index contributed by atoms with van der Waals surface area (Å²) < 4.78 is 3.13. The molecule has 96 valence electrons. The van der Waals surface area contributed by atoms with Crippen LogP contribution in [0.2, 0.25) is 5.02 Å². The molecule has 0 N–H and O–H groups in total. The fraction of sp³-hybridized carbons (Fsp3) is 0.0909. The molecule has 0 fully saturated rings. The van der Waals surface area contributed by atoms with Gasteiger partial charge in [-0.15, -0.1) is 0 Å². The molecule has 19 heavy (non-hydrogen) atoms. The minimum absolute atomic E-state index is 0.0586. The van der Waals surface area contributed by atoms with Crippen LogP contribution in [-0.4, -0.2) is 25.2 Å². The van der Waals surface area contributed by atoms with Crippen LogP contribution in [0.5, 0.6) is 0 Å². The predicted octanol–water partition coefficient (Wildman–Crippen LogP) is 1.65. The quantitative estimate of drug-likeness (QED) is 0.720. The molecular weight excluding hydrogens is 288 g/mol. The minimum Gasteiger partial charge on any atom is -0.272 e. The van der Waals surface area contributed by atoms with Gasteiger partial charge in [0.05, 0.1) is 15.2 Å². The van der Waals surface area contributed by atoms with Crippen LogP contribution in [0.1, 0.15) is 4.79 Å². The van der Waals surface area contributed by atoms with E-state index in [-0.39, 0.29) is 11.4 Å². The van der Waals surface area contributed by atoms with Crippen molar-refractivity contribution in [2.24, 2.45) is 0 Å². The number of rotatable bonds is 2. The lowest BCUT2D eigenvalue weighted by atomic mass is 10.3.